The van der Waals surface area contributed by atoms with Crippen LogP contribution in [0.1, 0.15) is 34.7 Å². The van der Waals surface area contributed by atoms with Gasteiger partial charge in [-0.3, -0.25) is 23.2 Å². The van der Waals surface area contributed by atoms with E-state index in [0.29, 0.717) is 24.6 Å². The molecule has 4 rings (SSSR count). The van der Waals surface area contributed by atoms with Gasteiger partial charge in [0, 0.05) is 25.9 Å². The highest BCUT2D eigenvalue weighted by molar-refractivity contribution is 7.80. The Balaban J connectivity index is 1.55. The Morgan fingerprint density at radius 2 is 1.35 bits per heavy atom. The number of amides is 3. The van der Waals surface area contributed by atoms with Crippen molar-refractivity contribution in [3.05, 3.63) is 131 Å². The first kappa shape index (κ1) is 36.8. The number of anilines is 1. The number of benzene rings is 4. The molecule has 11 nitrogen and oxygen atoms in total. The van der Waals surface area contributed by atoms with Crippen molar-refractivity contribution in [2.75, 3.05) is 17.5 Å². The fourth-order valence-electron chi connectivity index (χ4n) is 5.09. The normalized spacial score (nSPS) is 12.7. The molecule has 0 saturated heterocycles. The molecule has 3 amide bonds. The molecule has 0 heterocycles. The smallest absolute Gasteiger partial charge is 0.262 e. The van der Waals surface area contributed by atoms with E-state index >= 15 is 0 Å². The van der Waals surface area contributed by atoms with Gasteiger partial charge in [-0.15, -0.1) is 0 Å². The summed E-state index contributed by atoms with van der Waals surface area (Å²) in [5.41, 5.74) is 10.4. The summed E-state index contributed by atoms with van der Waals surface area (Å²) in [6.45, 7) is 4.41. The van der Waals surface area contributed by atoms with Gasteiger partial charge in [0.05, 0.1) is 12.3 Å². The van der Waals surface area contributed by atoms with Crippen LogP contribution in [0.5, 0.6) is 5.75 Å². The van der Waals surface area contributed by atoms with E-state index in [0.717, 1.165) is 32.1 Å². The van der Waals surface area contributed by atoms with Crippen molar-refractivity contribution < 1.29 is 27.9 Å². The zero-order chi connectivity index (χ0) is 35.2. The topological polar surface area (TPSA) is 163 Å². The number of aryl methyl sites for hydroxylation is 1. The van der Waals surface area contributed by atoms with Gasteiger partial charge in [-0.1, -0.05) is 84.4 Å². The molecule has 0 aliphatic carbocycles. The molecule has 3 atom stereocenters. The summed E-state index contributed by atoms with van der Waals surface area (Å²) >= 11 is -2.51. The van der Waals surface area contributed by atoms with Crippen LogP contribution in [0.3, 0.4) is 0 Å². The van der Waals surface area contributed by atoms with Gasteiger partial charge in [0.25, 0.3) is 11.3 Å². The van der Waals surface area contributed by atoms with Crippen LogP contribution in [0, 0.1) is 6.92 Å². The Morgan fingerprint density at radius 1 is 0.776 bits per heavy atom. The van der Waals surface area contributed by atoms with Gasteiger partial charge >= 0.3 is 0 Å². The largest absolute Gasteiger partial charge is 0.494 e. The molecule has 6 N–H and O–H groups in total. The van der Waals surface area contributed by atoms with Crippen LogP contribution in [0.25, 0.3) is 0 Å². The molecule has 0 fully saturated rings. The van der Waals surface area contributed by atoms with Crippen molar-refractivity contribution in [1.29, 1.82) is 0 Å². The predicted octanol–water partition coefficient (Wildman–Crippen LogP) is 3.57. The first-order chi connectivity index (χ1) is 23.6. The Morgan fingerprint density at radius 3 is 1.94 bits per heavy atom. The van der Waals surface area contributed by atoms with Crippen molar-refractivity contribution in [3.63, 3.8) is 0 Å². The van der Waals surface area contributed by atoms with Gasteiger partial charge in [-0.2, -0.15) is 0 Å². The van der Waals surface area contributed by atoms with Crippen LogP contribution >= 0.6 is 0 Å². The lowest BCUT2D eigenvalue weighted by atomic mass is 10.0. The summed E-state index contributed by atoms with van der Waals surface area (Å²) in [7, 11) is 0. The summed E-state index contributed by atoms with van der Waals surface area (Å²) in [6.07, 6.45) is 0.294. The molecular weight excluding hydrogens is 643 g/mol. The minimum absolute atomic E-state index is 0.0872. The highest BCUT2D eigenvalue weighted by atomic mass is 32.2. The Labute approximate surface area is 289 Å². The SMILES string of the molecule is CCOc1ccc(C[C@@H](NC(=O)CN(c2ccc(C)cc2)S(=O)O)C(=O)N[C@@H](Cc2ccccc2)C(=O)NCc2ccc(CN)cc2)cc1. The van der Waals surface area contributed by atoms with Gasteiger partial charge in [0.2, 0.25) is 17.7 Å². The molecule has 258 valence electrons. The lowest BCUT2D eigenvalue weighted by molar-refractivity contribution is -0.131. The van der Waals surface area contributed by atoms with Crippen LogP contribution in [-0.4, -0.2) is 51.7 Å². The van der Waals surface area contributed by atoms with Crippen molar-refractivity contribution in [2.45, 2.75) is 51.9 Å². The minimum atomic E-state index is -2.51. The van der Waals surface area contributed by atoms with Crippen molar-refractivity contribution in [2.24, 2.45) is 5.73 Å². The zero-order valence-electron chi connectivity index (χ0n) is 27.6. The fourth-order valence-corrected chi connectivity index (χ4v) is 5.62. The molecule has 0 aliphatic heterocycles. The maximum atomic E-state index is 14.0. The third-order valence-electron chi connectivity index (χ3n) is 7.76. The molecule has 4 aromatic carbocycles. The second-order valence-corrected chi connectivity index (χ2v) is 12.4. The van der Waals surface area contributed by atoms with Gasteiger partial charge in [-0.05, 0) is 60.4 Å². The Hall–Kier alpha value is -5.04. The zero-order valence-corrected chi connectivity index (χ0v) is 28.5. The summed E-state index contributed by atoms with van der Waals surface area (Å²) in [5.74, 6) is -0.975. The molecule has 0 bridgehead atoms. The first-order valence-corrected chi connectivity index (χ1v) is 17.1. The van der Waals surface area contributed by atoms with E-state index in [1.165, 1.54) is 0 Å². The monoisotopic (exact) mass is 685 g/mol. The van der Waals surface area contributed by atoms with Crippen LogP contribution in [0.4, 0.5) is 5.69 Å². The maximum absolute atomic E-state index is 14.0. The second-order valence-electron chi connectivity index (χ2n) is 11.5. The summed E-state index contributed by atoms with van der Waals surface area (Å²) in [4.78, 5) is 40.9. The maximum Gasteiger partial charge on any atom is 0.262 e. The van der Waals surface area contributed by atoms with Crippen molar-refractivity contribution in [1.82, 2.24) is 16.0 Å². The summed E-state index contributed by atoms with van der Waals surface area (Å²) in [6, 6.07) is 28.7. The number of carbonyl (C=O) groups is 3. The van der Waals surface area contributed by atoms with Crippen LogP contribution in [0.2, 0.25) is 0 Å². The highest BCUT2D eigenvalue weighted by Crippen LogP contribution is 2.17. The van der Waals surface area contributed by atoms with Crippen LogP contribution in [0.15, 0.2) is 103 Å². The van der Waals surface area contributed by atoms with E-state index in [1.54, 1.807) is 48.5 Å². The summed E-state index contributed by atoms with van der Waals surface area (Å²) in [5, 5.41) is 8.51. The van der Waals surface area contributed by atoms with Crippen molar-refractivity contribution >= 4 is 34.7 Å². The molecule has 0 aromatic heterocycles. The van der Waals surface area contributed by atoms with E-state index in [-0.39, 0.29) is 19.4 Å². The van der Waals surface area contributed by atoms with Crippen LogP contribution < -0.4 is 30.7 Å². The number of nitrogens with one attached hydrogen (secondary N) is 3. The number of nitrogens with zero attached hydrogens (tertiary/aromatic N) is 1. The molecule has 1 unspecified atom stereocenters. The third kappa shape index (κ3) is 11.6. The second kappa shape index (κ2) is 18.5. The quantitative estimate of drug-likeness (QED) is 0.106. The molecule has 49 heavy (non-hydrogen) atoms. The molecule has 0 radical (unpaired) electrons. The van der Waals surface area contributed by atoms with E-state index in [2.05, 4.69) is 16.0 Å². The predicted molar refractivity (Wildman–Crippen MR) is 191 cm³/mol. The molecular formula is C37H43N5O6S. The van der Waals surface area contributed by atoms with Crippen molar-refractivity contribution in [3.8, 4) is 5.75 Å². The third-order valence-corrected chi connectivity index (χ3v) is 8.48. The Kier molecular flexibility index (Phi) is 13.9. The van der Waals surface area contributed by atoms with Gasteiger partial charge < -0.3 is 26.4 Å². The average Bonchev–Trinajstić information content (AvgIpc) is 3.11. The molecule has 0 saturated carbocycles. The number of hydrogen-bond donors (Lipinski definition) is 5. The number of nitrogens with two attached hydrogens (primary N) is 1. The molecule has 0 aliphatic rings. The summed E-state index contributed by atoms with van der Waals surface area (Å²) < 4.78 is 28.8. The number of rotatable bonds is 17. The molecule has 0 spiro atoms. The Bertz CT molecular complexity index is 1690. The average molecular weight is 686 g/mol. The molecule has 4 aromatic rings. The van der Waals surface area contributed by atoms with E-state index < -0.39 is 47.6 Å². The van der Waals surface area contributed by atoms with Crippen LogP contribution in [-0.2, 0) is 51.6 Å². The van der Waals surface area contributed by atoms with Gasteiger partial charge in [0.15, 0.2) is 0 Å². The number of ether oxygens (including phenoxy) is 1. The lowest BCUT2D eigenvalue weighted by Gasteiger charge is -2.25. The van der Waals surface area contributed by atoms with E-state index in [9.17, 15) is 23.1 Å². The van der Waals surface area contributed by atoms with E-state index in [1.807, 2.05) is 68.4 Å². The molecule has 12 heteroatoms. The number of hydrogen-bond acceptors (Lipinski definition) is 6. The lowest BCUT2D eigenvalue weighted by Crippen LogP contribution is -2.56. The minimum Gasteiger partial charge on any atom is -0.494 e. The fraction of sp³-hybridized carbons (Fsp3) is 0.270. The van der Waals surface area contributed by atoms with Gasteiger partial charge in [0.1, 0.15) is 24.4 Å². The van der Waals surface area contributed by atoms with E-state index in [4.69, 9.17) is 10.5 Å². The standard InChI is InChI=1S/C37H43N5O6S/c1-3-48-32-19-15-28(16-20-32)22-34(40-35(43)25-42(49(46)47)31-17-9-26(2)10-18-31)37(45)41-33(21-27-7-5-4-6-8-27)36(44)39-24-30-13-11-29(23-38)12-14-30/h4-20,33-34H,3,21-25,38H2,1-2H3,(H,39,44)(H,40,43)(H,41,45)(H,46,47)/t33-,34+/m0/s1. The number of carbonyl (C=O) groups excluding carboxylic acids is 3. The van der Waals surface area contributed by atoms with Gasteiger partial charge in [-0.25, -0.2) is 4.21 Å². The highest BCUT2D eigenvalue weighted by Gasteiger charge is 2.28. The first-order valence-electron chi connectivity index (χ1n) is 16.0.